The van der Waals surface area contributed by atoms with Gasteiger partial charge in [0.1, 0.15) is 4.90 Å². The number of benzene rings is 2. The molecular weight excluding hydrogens is 319 g/mol. The maximum Gasteiger partial charge on any atom is 0.295 e. The molecule has 1 radical (unpaired) electrons. The molecule has 2 rings (SSSR count). The molecule has 0 heterocycles. The third-order valence-electron chi connectivity index (χ3n) is 2.37. The summed E-state index contributed by atoms with van der Waals surface area (Å²) in [4.78, 5) is -1.15. The molecule has 0 bridgehead atoms. The van der Waals surface area contributed by atoms with Crippen LogP contribution in [0.15, 0.2) is 46.2 Å². The van der Waals surface area contributed by atoms with E-state index in [2.05, 4.69) is 0 Å². The largest absolute Gasteiger partial charge is 0.295 e. The monoisotopic (exact) mass is 327 g/mol. The van der Waals surface area contributed by atoms with E-state index in [9.17, 15) is 16.8 Å². The number of rotatable bonds is 2. The Labute approximate surface area is 152 Å². The second-order valence-corrected chi connectivity index (χ2v) is 6.40. The zero-order valence-corrected chi connectivity index (χ0v) is 14.6. The molecule has 0 saturated heterocycles. The molecule has 0 aliphatic heterocycles. The van der Waals surface area contributed by atoms with Crippen LogP contribution in [0.5, 0.6) is 0 Å². The summed E-state index contributed by atoms with van der Waals surface area (Å²) in [6.45, 7) is 0. The summed E-state index contributed by atoms with van der Waals surface area (Å²) in [5.41, 5.74) is 0. The number of fused-ring (bicyclic) bond motifs is 1. The Balaban J connectivity index is 0.00000180. The van der Waals surface area contributed by atoms with Crippen molar-refractivity contribution in [2.45, 2.75) is 9.79 Å². The van der Waals surface area contributed by atoms with Crippen LogP contribution < -0.4 is 0 Å². The van der Waals surface area contributed by atoms with Crippen LogP contribution in [-0.2, 0) is 20.2 Å². The second kappa shape index (κ2) is 5.88. The molecule has 0 aliphatic carbocycles. The van der Waals surface area contributed by atoms with Gasteiger partial charge in [0.05, 0.1) is 4.90 Å². The van der Waals surface area contributed by atoms with Gasteiger partial charge in [-0.3, -0.25) is 9.11 Å². The summed E-state index contributed by atoms with van der Waals surface area (Å²) in [5.74, 6) is 0. The van der Waals surface area contributed by atoms with E-state index in [-0.39, 0.29) is 62.2 Å². The fourth-order valence-corrected chi connectivity index (χ4v) is 2.97. The number of hydrogen-bond donors (Lipinski definition) is 2. The molecule has 2 aromatic rings. The summed E-state index contributed by atoms with van der Waals surface area (Å²) >= 11 is 0. The van der Waals surface area contributed by atoms with E-state index in [1.54, 1.807) is 12.1 Å². The van der Waals surface area contributed by atoms with Crippen molar-refractivity contribution < 1.29 is 25.9 Å². The molecule has 2 N–H and O–H groups in total. The van der Waals surface area contributed by atoms with E-state index in [4.69, 9.17) is 9.11 Å². The van der Waals surface area contributed by atoms with Crippen molar-refractivity contribution in [3.05, 3.63) is 36.4 Å². The van der Waals surface area contributed by atoms with Crippen molar-refractivity contribution >= 4 is 82.4 Å². The normalized spacial score (nSPS) is 12.1. The standard InChI is InChI=1S/C10H8O6S2.K/c11-17(12,13)8-5-7-3-1-2-4-9(7)10(6-8)18(14,15)16;/h1-6H,(H,11,12,13)(H,14,15,16);. The van der Waals surface area contributed by atoms with Crippen molar-refractivity contribution in [3.8, 4) is 0 Å². The van der Waals surface area contributed by atoms with Gasteiger partial charge in [-0.15, -0.1) is 0 Å². The van der Waals surface area contributed by atoms with Crippen LogP contribution in [0.25, 0.3) is 10.8 Å². The van der Waals surface area contributed by atoms with Crippen LogP contribution in [0.3, 0.4) is 0 Å². The minimum absolute atomic E-state index is 0. The SMILES string of the molecule is O=S(=O)(O)c1cc(S(=O)(=O)O)c2ccccc2c1.[K]. The topological polar surface area (TPSA) is 109 Å². The van der Waals surface area contributed by atoms with Gasteiger partial charge >= 0.3 is 0 Å². The van der Waals surface area contributed by atoms with E-state index >= 15 is 0 Å². The first kappa shape index (κ1) is 17.2. The predicted molar refractivity (Wildman–Crippen MR) is 69.3 cm³/mol. The van der Waals surface area contributed by atoms with Crippen LogP contribution in [-0.4, -0.2) is 77.3 Å². The van der Waals surface area contributed by atoms with E-state index in [1.165, 1.54) is 12.1 Å². The van der Waals surface area contributed by atoms with Gasteiger partial charge in [-0.2, -0.15) is 16.8 Å². The maximum atomic E-state index is 11.2. The van der Waals surface area contributed by atoms with Gasteiger partial charge in [-0.25, -0.2) is 0 Å². The third kappa shape index (κ3) is 3.83. The number of hydrogen-bond acceptors (Lipinski definition) is 4. The Hall–Kier alpha value is 0.156. The summed E-state index contributed by atoms with van der Waals surface area (Å²) in [6, 6.07) is 7.85. The maximum absolute atomic E-state index is 11.2. The Morgan fingerprint density at radius 2 is 1.42 bits per heavy atom. The summed E-state index contributed by atoms with van der Waals surface area (Å²) < 4.78 is 62.5. The zero-order chi connectivity index (χ0) is 13.6. The molecule has 0 spiro atoms. The molecule has 0 fully saturated rings. The third-order valence-corrected chi connectivity index (χ3v) is 4.10. The molecule has 0 aromatic heterocycles. The molecule has 97 valence electrons. The minimum Gasteiger partial charge on any atom is -0.282 e. The molecule has 0 aliphatic rings. The van der Waals surface area contributed by atoms with Gasteiger partial charge in [-0.1, -0.05) is 24.3 Å². The molecule has 0 amide bonds. The van der Waals surface area contributed by atoms with Gasteiger partial charge in [0.2, 0.25) is 0 Å². The molecule has 9 heteroatoms. The minimum atomic E-state index is -4.59. The van der Waals surface area contributed by atoms with Gasteiger partial charge in [0.25, 0.3) is 20.2 Å². The van der Waals surface area contributed by atoms with Crippen LogP contribution in [0, 0.1) is 0 Å². The van der Waals surface area contributed by atoms with Crippen molar-refractivity contribution in [2.75, 3.05) is 0 Å². The van der Waals surface area contributed by atoms with Crippen molar-refractivity contribution in [1.29, 1.82) is 0 Å². The van der Waals surface area contributed by atoms with Crippen molar-refractivity contribution in [3.63, 3.8) is 0 Å². The fraction of sp³-hybridized carbons (Fsp3) is 0. The first-order valence-corrected chi connectivity index (χ1v) is 7.55. The Morgan fingerprint density at radius 1 is 0.842 bits per heavy atom. The van der Waals surface area contributed by atoms with E-state index < -0.39 is 30.0 Å². The van der Waals surface area contributed by atoms with Crippen molar-refractivity contribution in [2.24, 2.45) is 0 Å². The second-order valence-electron chi connectivity index (χ2n) is 3.59. The van der Waals surface area contributed by atoms with Crippen LogP contribution in [0.4, 0.5) is 0 Å². The first-order valence-electron chi connectivity index (χ1n) is 4.67. The molecular formula is C10H8KO6S2. The van der Waals surface area contributed by atoms with Crippen LogP contribution >= 0.6 is 0 Å². The van der Waals surface area contributed by atoms with Crippen LogP contribution in [0.1, 0.15) is 0 Å². The average molecular weight is 327 g/mol. The first-order chi connectivity index (χ1) is 8.19. The van der Waals surface area contributed by atoms with E-state index in [0.717, 1.165) is 6.07 Å². The van der Waals surface area contributed by atoms with E-state index in [0.29, 0.717) is 6.07 Å². The molecule has 2 aromatic carbocycles. The van der Waals surface area contributed by atoms with Crippen LogP contribution in [0.2, 0.25) is 0 Å². The Morgan fingerprint density at radius 3 is 1.95 bits per heavy atom. The van der Waals surface area contributed by atoms with Gasteiger partial charge in [0.15, 0.2) is 0 Å². The van der Waals surface area contributed by atoms with Crippen molar-refractivity contribution in [1.82, 2.24) is 0 Å². The molecule has 6 nitrogen and oxygen atoms in total. The van der Waals surface area contributed by atoms with Gasteiger partial charge in [-0.05, 0) is 17.5 Å². The zero-order valence-electron chi connectivity index (χ0n) is 9.81. The summed E-state index contributed by atoms with van der Waals surface area (Å²) in [6.07, 6.45) is 0. The molecule has 19 heavy (non-hydrogen) atoms. The Bertz CT molecular complexity index is 826. The molecule has 0 atom stereocenters. The summed E-state index contributed by atoms with van der Waals surface area (Å²) in [7, 11) is -9.14. The summed E-state index contributed by atoms with van der Waals surface area (Å²) in [5, 5.41) is 0.452. The molecule has 0 saturated carbocycles. The predicted octanol–water partition coefficient (Wildman–Crippen LogP) is 0.952. The van der Waals surface area contributed by atoms with E-state index in [1.807, 2.05) is 0 Å². The quantitative estimate of drug-likeness (QED) is 0.628. The molecule has 0 unspecified atom stereocenters. The fourth-order valence-electron chi connectivity index (χ4n) is 1.61. The smallest absolute Gasteiger partial charge is 0.282 e. The average Bonchev–Trinajstić information content (AvgIpc) is 2.25. The Kier molecular flexibility index (Phi) is 5.32. The van der Waals surface area contributed by atoms with Gasteiger partial charge in [0, 0.05) is 56.8 Å². The van der Waals surface area contributed by atoms with Gasteiger partial charge < -0.3 is 0 Å².